The zero-order chi connectivity index (χ0) is 9.97. The van der Waals surface area contributed by atoms with Crippen LogP contribution in [0.4, 0.5) is 0 Å². The van der Waals surface area contributed by atoms with Crippen LogP contribution in [0.2, 0.25) is 0 Å². The number of benzene rings is 1. The molecule has 1 heterocycles. The highest BCUT2D eigenvalue weighted by Crippen LogP contribution is 2.16. The first-order valence-electron chi connectivity index (χ1n) is 4.42. The molecule has 2 aromatic rings. The molecule has 71 valence electrons. The van der Waals surface area contributed by atoms with E-state index in [0.29, 0.717) is 0 Å². The average molecular weight is 187 g/mol. The third-order valence-corrected chi connectivity index (χ3v) is 2.11. The Bertz CT molecular complexity index is 421. The maximum Gasteiger partial charge on any atom is 0.158 e. The molecule has 0 saturated heterocycles. The normalized spacial score (nSPS) is 10.1. The molecule has 2 rings (SSSR count). The fourth-order valence-corrected chi connectivity index (χ4v) is 1.15. The minimum atomic E-state index is 0.783. The summed E-state index contributed by atoms with van der Waals surface area (Å²) >= 11 is 0. The maximum atomic E-state index is 5.43. The van der Waals surface area contributed by atoms with Gasteiger partial charge in [0.1, 0.15) is 0 Å². The predicted molar refractivity (Wildman–Crippen MR) is 53.0 cm³/mol. The molecule has 0 fully saturated rings. The van der Waals surface area contributed by atoms with Crippen LogP contribution < -0.4 is 4.84 Å². The molecule has 1 radical (unpaired) electrons. The topological polar surface area (TPSA) is 27.1 Å². The molecular formula is C11H11N2O. The molecule has 0 saturated carbocycles. The minimum absolute atomic E-state index is 0.783. The van der Waals surface area contributed by atoms with Crippen molar-refractivity contribution in [3.8, 4) is 5.75 Å². The lowest BCUT2D eigenvalue weighted by Crippen LogP contribution is -2.05. The maximum absolute atomic E-state index is 5.43. The molecule has 0 N–H and O–H groups in total. The van der Waals surface area contributed by atoms with E-state index in [1.807, 2.05) is 18.2 Å². The van der Waals surface area contributed by atoms with Gasteiger partial charge >= 0.3 is 0 Å². The van der Waals surface area contributed by atoms with E-state index in [0.717, 1.165) is 5.75 Å². The van der Waals surface area contributed by atoms with E-state index in [1.165, 1.54) is 16.0 Å². The predicted octanol–water partition coefficient (Wildman–Crippen LogP) is 2.14. The third kappa shape index (κ3) is 1.76. The van der Waals surface area contributed by atoms with Crippen molar-refractivity contribution in [2.24, 2.45) is 0 Å². The van der Waals surface area contributed by atoms with Gasteiger partial charge in [-0.2, -0.15) is 0 Å². The van der Waals surface area contributed by atoms with Crippen molar-refractivity contribution in [3.63, 3.8) is 0 Å². The van der Waals surface area contributed by atoms with Gasteiger partial charge < -0.3 is 4.84 Å². The second kappa shape index (κ2) is 3.54. The van der Waals surface area contributed by atoms with Gasteiger partial charge in [-0.25, -0.2) is 0 Å². The number of rotatable bonds is 2. The Hall–Kier alpha value is -1.77. The number of hydrogen-bond acceptors (Lipinski definition) is 2. The van der Waals surface area contributed by atoms with Gasteiger partial charge in [-0.3, -0.25) is 0 Å². The molecule has 0 amide bonds. The van der Waals surface area contributed by atoms with E-state index < -0.39 is 0 Å². The van der Waals surface area contributed by atoms with Crippen LogP contribution in [0.5, 0.6) is 5.75 Å². The summed E-state index contributed by atoms with van der Waals surface area (Å²) in [5.41, 5.74) is 2.46. The van der Waals surface area contributed by atoms with Crippen LogP contribution >= 0.6 is 0 Å². The molecule has 14 heavy (non-hydrogen) atoms. The van der Waals surface area contributed by atoms with Crippen LogP contribution in [0.15, 0.2) is 30.6 Å². The monoisotopic (exact) mass is 187 g/mol. The van der Waals surface area contributed by atoms with Gasteiger partial charge in [-0.05, 0) is 37.1 Å². The van der Waals surface area contributed by atoms with Crippen molar-refractivity contribution >= 4 is 0 Å². The molecule has 1 aromatic heterocycles. The standard InChI is InChI=1S/C11H11N2O/c1-9-4-5-11(8-10(9)2)14-13-7-3-6-12-13/h4-8H,1-2H3. The number of aromatic nitrogens is 2. The summed E-state index contributed by atoms with van der Waals surface area (Å²) in [5.74, 6) is 0.783. The fraction of sp³-hybridized carbons (Fsp3) is 0.182. The van der Waals surface area contributed by atoms with Crippen molar-refractivity contribution in [3.05, 3.63) is 47.8 Å². The largest absolute Gasteiger partial charge is 0.358 e. The zero-order valence-corrected chi connectivity index (χ0v) is 8.19. The highest BCUT2D eigenvalue weighted by molar-refractivity contribution is 5.33. The van der Waals surface area contributed by atoms with Gasteiger partial charge in [-0.15, -0.1) is 5.10 Å². The van der Waals surface area contributed by atoms with Gasteiger partial charge in [0.15, 0.2) is 5.75 Å². The van der Waals surface area contributed by atoms with E-state index >= 15 is 0 Å². The lowest BCUT2D eigenvalue weighted by Gasteiger charge is -2.06. The van der Waals surface area contributed by atoms with E-state index in [4.69, 9.17) is 4.84 Å². The van der Waals surface area contributed by atoms with E-state index in [-0.39, 0.29) is 0 Å². The van der Waals surface area contributed by atoms with Crippen LogP contribution in [-0.4, -0.2) is 9.94 Å². The summed E-state index contributed by atoms with van der Waals surface area (Å²) in [6.07, 6.45) is 3.19. The smallest absolute Gasteiger partial charge is 0.158 e. The number of aryl methyl sites for hydroxylation is 2. The molecule has 0 unspecified atom stereocenters. The van der Waals surface area contributed by atoms with Crippen molar-refractivity contribution in [2.75, 3.05) is 0 Å². The van der Waals surface area contributed by atoms with Gasteiger partial charge in [0, 0.05) is 6.07 Å². The Balaban J connectivity index is 2.22. The van der Waals surface area contributed by atoms with Gasteiger partial charge in [-0.1, -0.05) is 10.9 Å². The highest BCUT2D eigenvalue weighted by Gasteiger charge is 1.98. The summed E-state index contributed by atoms with van der Waals surface area (Å²) in [7, 11) is 0. The first-order chi connectivity index (χ1) is 6.75. The van der Waals surface area contributed by atoms with Crippen molar-refractivity contribution < 1.29 is 4.84 Å². The summed E-state index contributed by atoms with van der Waals surface area (Å²) in [4.78, 5) is 6.81. The first kappa shape index (κ1) is 8.81. The molecule has 3 heteroatoms. The molecule has 0 aliphatic rings. The van der Waals surface area contributed by atoms with E-state index in [1.54, 1.807) is 12.4 Å². The van der Waals surface area contributed by atoms with Gasteiger partial charge in [0.05, 0.1) is 12.4 Å². The Kier molecular flexibility index (Phi) is 2.23. The summed E-state index contributed by atoms with van der Waals surface area (Å²) < 4.78 is 0. The lowest BCUT2D eigenvalue weighted by molar-refractivity contribution is 0.178. The third-order valence-electron chi connectivity index (χ3n) is 2.11. The Morgan fingerprint density at radius 2 is 2.14 bits per heavy atom. The van der Waals surface area contributed by atoms with Crippen LogP contribution in [0, 0.1) is 19.9 Å². The molecule has 0 bridgehead atoms. The average Bonchev–Trinajstić information content (AvgIpc) is 2.64. The molecule has 0 spiro atoms. The van der Waals surface area contributed by atoms with Crippen molar-refractivity contribution in [1.29, 1.82) is 0 Å². The quantitative estimate of drug-likeness (QED) is 0.720. The Morgan fingerprint density at radius 1 is 1.29 bits per heavy atom. The number of nitrogens with zero attached hydrogens (tertiary/aromatic N) is 2. The zero-order valence-electron chi connectivity index (χ0n) is 8.19. The Labute approximate surface area is 82.9 Å². The lowest BCUT2D eigenvalue weighted by atomic mass is 10.1. The molecule has 0 atom stereocenters. The van der Waals surface area contributed by atoms with E-state index in [9.17, 15) is 0 Å². The van der Waals surface area contributed by atoms with Crippen LogP contribution in [0.1, 0.15) is 11.1 Å². The number of hydrogen-bond donors (Lipinski definition) is 0. The second-order valence-corrected chi connectivity index (χ2v) is 3.18. The van der Waals surface area contributed by atoms with Crippen LogP contribution in [0.25, 0.3) is 0 Å². The minimum Gasteiger partial charge on any atom is -0.358 e. The SMILES string of the molecule is Cc1ccc(On2c[c]cn2)cc1C. The van der Waals surface area contributed by atoms with Crippen LogP contribution in [0.3, 0.4) is 0 Å². The molecular weight excluding hydrogens is 176 g/mol. The molecule has 0 aliphatic heterocycles. The Morgan fingerprint density at radius 3 is 2.79 bits per heavy atom. The van der Waals surface area contributed by atoms with Gasteiger partial charge in [0.2, 0.25) is 0 Å². The van der Waals surface area contributed by atoms with E-state index in [2.05, 4.69) is 25.0 Å². The summed E-state index contributed by atoms with van der Waals surface area (Å²) in [5, 5.41) is 3.90. The second-order valence-electron chi connectivity index (χ2n) is 3.18. The van der Waals surface area contributed by atoms with Gasteiger partial charge in [0.25, 0.3) is 0 Å². The summed E-state index contributed by atoms with van der Waals surface area (Å²) in [6.45, 7) is 4.12. The molecule has 3 nitrogen and oxygen atoms in total. The molecule has 0 aliphatic carbocycles. The van der Waals surface area contributed by atoms with Crippen LogP contribution in [-0.2, 0) is 0 Å². The summed E-state index contributed by atoms with van der Waals surface area (Å²) in [6, 6.07) is 8.73. The first-order valence-corrected chi connectivity index (χ1v) is 4.42. The molecule has 1 aromatic carbocycles. The highest BCUT2D eigenvalue weighted by atomic mass is 16.7. The fourth-order valence-electron chi connectivity index (χ4n) is 1.15. The van der Waals surface area contributed by atoms with Crippen molar-refractivity contribution in [1.82, 2.24) is 9.94 Å². The van der Waals surface area contributed by atoms with Crippen molar-refractivity contribution in [2.45, 2.75) is 13.8 Å².